The number of unbranched alkanes of at least 4 members (excludes halogenated alkanes) is 3. The topological polar surface area (TPSA) is 99.6 Å². The minimum absolute atomic E-state index is 0.707. The van der Waals surface area contributed by atoms with Crippen molar-refractivity contribution in [1.29, 1.82) is 10.5 Å². The summed E-state index contributed by atoms with van der Waals surface area (Å²) < 4.78 is 0. The molecule has 0 atom stereocenters. The fraction of sp³-hybridized carbons (Fsp3) is 0.818. The van der Waals surface area contributed by atoms with Crippen LogP contribution < -0.4 is 11.5 Å². The Morgan fingerprint density at radius 1 is 0.938 bits per heavy atom. The zero-order valence-corrected chi connectivity index (χ0v) is 12.1. The molecule has 0 aromatic heterocycles. The zero-order valence-electron chi connectivity index (χ0n) is 11.1. The summed E-state index contributed by atoms with van der Waals surface area (Å²) in [5, 5.41) is 14.2. The summed E-state index contributed by atoms with van der Waals surface area (Å²) in [4.78, 5) is 0. The molecule has 0 saturated heterocycles. The van der Waals surface area contributed by atoms with Gasteiger partial charge in [0.15, 0.2) is 12.4 Å². The van der Waals surface area contributed by atoms with Crippen LogP contribution in [0, 0.1) is 22.9 Å². The molecule has 0 rings (SSSR count). The molecule has 4 N–H and O–H groups in total. The van der Waals surface area contributed by atoms with Gasteiger partial charge in [0.2, 0.25) is 0 Å². The fourth-order valence-corrected chi connectivity index (χ4v) is 2.39. The van der Waals surface area contributed by atoms with E-state index in [1.54, 1.807) is 0 Å². The van der Waals surface area contributed by atoms with Crippen molar-refractivity contribution in [1.82, 2.24) is 0 Å². The van der Waals surface area contributed by atoms with Crippen molar-refractivity contribution in [2.45, 2.75) is 32.6 Å². The minimum Gasteiger partial charge on any atom is -0.337 e. The van der Waals surface area contributed by atoms with Gasteiger partial charge in [-0.15, -0.1) is 0 Å². The zero-order chi connectivity index (χ0) is 13.4. The number of nitrogens with zero attached hydrogens (tertiary/aromatic N) is 2. The van der Waals surface area contributed by atoms with Gasteiger partial charge in [0.05, 0.1) is 0 Å². The van der Waals surface area contributed by atoms with Gasteiger partial charge in [0, 0.05) is 0 Å². The summed E-state index contributed by atoms with van der Waals surface area (Å²) in [6.07, 6.45) is 9.76. The second-order valence-electron chi connectivity index (χ2n) is 4.63. The Bertz CT molecular complexity index is 186. The SMILES string of the molecule is CCCCCC[PH](C)(C)C.N#CN.N#CN. The Morgan fingerprint density at radius 3 is 1.56 bits per heavy atom. The van der Waals surface area contributed by atoms with E-state index >= 15 is 0 Å². The van der Waals surface area contributed by atoms with Crippen molar-refractivity contribution >= 4 is 7.26 Å². The molecular formula is C11H27N4P. The van der Waals surface area contributed by atoms with Crippen molar-refractivity contribution in [3.05, 3.63) is 0 Å². The molecule has 0 aliphatic carbocycles. The van der Waals surface area contributed by atoms with E-state index in [1.807, 2.05) is 0 Å². The standard InChI is InChI=1S/C9H23P.2CH2N2/c1-5-6-7-8-9-10(2,3)4;2*2-1-3/h10H,5-9H2,1-4H3;2*2H2. The third-order valence-electron chi connectivity index (χ3n) is 1.78. The van der Waals surface area contributed by atoms with Crippen LogP contribution in [0.1, 0.15) is 32.6 Å². The first kappa shape index (κ1) is 20.4. The summed E-state index contributed by atoms with van der Waals surface area (Å²) in [5.74, 6) is 0. The Labute approximate surface area is 101 Å². The van der Waals surface area contributed by atoms with Gasteiger partial charge in [-0.1, -0.05) is 0 Å². The molecule has 0 amide bonds. The van der Waals surface area contributed by atoms with Gasteiger partial charge in [-0.2, -0.15) is 10.5 Å². The molecule has 0 radical (unpaired) electrons. The largest absolute Gasteiger partial charge is 0.337 e. The fourth-order valence-electron chi connectivity index (χ4n) is 1.08. The van der Waals surface area contributed by atoms with E-state index < -0.39 is 7.26 Å². The number of nitrogens with two attached hydrogens (primary N) is 2. The molecular weight excluding hydrogens is 219 g/mol. The molecule has 0 bridgehead atoms. The second-order valence-corrected chi connectivity index (χ2v) is 10.3. The van der Waals surface area contributed by atoms with Gasteiger partial charge in [-0.05, 0) is 0 Å². The van der Waals surface area contributed by atoms with Gasteiger partial charge in [0.25, 0.3) is 0 Å². The van der Waals surface area contributed by atoms with Crippen molar-refractivity contribution in [2.24, 2.45) is 11.5 Å². The normalized spacial score (nSPS) is 9.38. The van der Waals surface area contributed by atoms with Crippen LogP contribution in [-0.2, 0) is 0 Å². The van der Waals surface area contributed by atoms with Crippen molar-refractivity contribution < 1.29 is 0 Å². The van der Waals surface area contributed by atoms with E-state index in [9.17, 15) is 0 Å². The third-order valence-corrected chi connectivity index (χ3v) is 3.63. The first-order valence-corrected chi connectivity index (χ1v) is 9.29. The van der Waals surface area contributed by atoms with E-state index in [0.717, 1.165) is 0 Å². The number of rotatable bonds is 5. The molecule has 0 saturated carbocycles. The summed E-state index contributed by atoms with van der Waals surface area (Å²) in [7, 11) is -0.707. The van der Waals surface area contributed by atoms with Crippen LogP contribution in [0.4, 0.5) is 0 Å². The Morgan fingerprint density at radius 2 is 1.31 bits per heavy atom. The van der Waals surface area contributed by atoms with Crippen molar-refractivity contribution in [2.75, 3.05) is 26.2 Å². The van der Waals surface area contributed by atoms with E-state index in [2.05, 4.69) is 38.4 Å². The molecule has 16 heavy (non-hydrogen) atoms. The minimum atomic E-state index is -0.707. The molecule has 4 nitrogen and oxygen atoms in total. The summed E-state index contributed by atoms with van der Waals surface area (Å²) >= 11 is 0. The Hall–Kier alpha value is -0.990. The molecule has 5 heteroatoms. The first-order chi connectivity index (χ1) is 7.39. The average Bonchev–Trinajstić information content (AvgIpc) is 2.14. The molecule has 0 heterocycles. The maximum Gasteiger partial charge on any atom is 0.173 e. The molecule has 0 aromatic carbocycles. The van der Waals surface area contributed by atoms with E-state index in [0.29, 0.717) is 0 Å². The summed E-state index contributed by atoms with van der Waals surface area (Å²) in [6.45, 7) is 9.64. The van der Waals surface area contributed by atoms with Gasteiger partial charge in [0.1, 0.15) is 0 Å². The summed E-state index contributed by atoms with van der Waals surface area (Å²) in [6, 6.07) is 0. The van der Waals surface area contributed by atoms with Crippen LogP contribution in [0.3, 0.4) is 0 Å². The van der Waals surface area contributed by atoms with E-state index in [1.165, 1.54) is 44.2 Å². The van der Waals surface area contributed by atoms with Crippen LogP contribution in [0.2, 0.25) is 0 Å². The van der Waals surface area contributed by atoms with Crippen LogP contribution in [-0.4, -0.2) is 26.2 Å². The molecule has 0 aliphatic rings. The number of nitriles is 2. The molecule has 0 unspecified atom stereocenters. The third kappa shape index (κ3) is 52.0. The average molecular weight is 246 g/mol. The van der Waals surface area contributed by atoms with Crippen molar-refractivity contribution in [3.8, 4) is 12.4 Å². The number of hydrogen-bond acceptors (Lipinski definition) is 4. The van der Waals surface area contributed by atoms with Gasteiger partial charge in [-0.3, -0.25) is 0 Å². The van der Waals surface area contributed by atoms with Gasteiger partial charge in [-0.25, -0.2) is 0 Å². The Kier molecular flexibility index (Phi) is 21.0. The van der Waals surface area contributed by atoms with Crippen LogP contribution in [0.25, 0.3) is 0 Å². The maximum atomic E-state index is 7.10. The molecule has 0 aromatic rings. The second kappa shape index (κ2) is 16.4. The van der Waals surface area contributed by atoms with Crippen LogP contribution in [0.15, 0.2) is 0 Å². The summed E-state index contributed by atoms with van der Waals surface area (Å²) in [5.41, 5.74) is 8.31. The molecule has 0 fully saturated rings. The predicted molar refractivity (Wildman–Crippen MR) is 74.7 cm³/mol. The van der Waals surface area contributed by atoms with Crippen molar-refractivity contribution in [3.63, 3.8) is 0 Å². The molecule has 96 valence electrons. The molecule has 0 spiro atoms. The van der Waals surface area contributed by atoms with E-state index in [4.69, 9.17) is 10.5 Å². The predicted octanol–water partition coefficient (Wildman–Crippen LogP) is 2.06. The monoisotopic (exact) mass is 246 g/mol. The van der Waals surface area contributed by atoms with E-state index in [-0.39, 0.29) is 0 Å². The quantitative estimate of drug-likeness (QED) is 0.335. The van der Waals surface area contributed by atoms with Gasteiger partial charge < -0.3 is 11.5 Å². The maximum absolute atomic E-state index is 7.10. The first-order valence-electron chi connectivity index (χ1n) is 5.59. The van der Waals surface area contributed by atoms with Gasteiger partial charge >= 0.3 is 66.0 Å². The smallest absolute Gasteiger partial charge is 0.173 e. The molecule has 0 aliphatic heterocycles. The van der Waals surface area contributed by atoms with Crippen LogP contribution in [0.5, 0.6) is 0 Å². The number of hydrogen-bond donors (Lipinski definition) is 2. The van der Waals surface area contributed by atoms with Crippen LogP contribution >= 0.6 is 7.26 Å². The Balaban J connectivity index is -0.000000235.